The average Bonchev–Trinajstić information content (AvgIpc) is 2.27. The maximum Gasteiger partial charge on any atom is 0.253 e. The average molecular weight is 218 g/mol. The molecule has 1 aromatic rings. The summed E-state index contributed by atoms with van der Waals surface area (Å²) >= 11 is 0. The maximum absolute atomic E-state index is 12.0. The van der Waals surface area contributed by atoms with Gasteiger partial charge in [0.25, 0.3) is 5.91 Å². The number of nitrogens with one attached hydrogen (secondary N) is 2. The minimum absolute atomic E-state index is 0.0295. The molecule has 2 rings (SSSR count). The van der Waals surface area contributed by atoms with Gasteiger partial charge in [-0.15, -0.1) is 0 Å². The monoisotopic (exact) mass is 218 g/mol. The highest BCUT2D eigenvalue weighted by molar-refractivity contribution is 5.99. The molecular weight excluding hydrogens is 200 g/mol. The molecule has 3 heteroatoms. The van der Waals surface area contributed by atoms with Crippen molar-refractivity contribution in [1.29, 1.82) is 0 Å². The van der Waals surface area contributed by atoms with Crippen LogP contribution in [0.3, 0.4) is 0 Å². The molecule has 1 aliphatic rings. The lowest BCUT2D eigenvalue weighted by Crippen LogP contribution is -2.43. The minimum Gasteiger partial charge on any atom is -0.387 e. The van der Waals surface area contributed by atoms with Crippen LogP contribution in [0.2, 0.25) is 0 Å². The number of amides is 1. The predicted octanol–water partition coefficient (Wildman–Crippen LogP) is 2.26. The van der Waals surface area contributed by atoms with E-state index in [2.05, 4.69) is 17.6 Å². The zero-order valence-electron chi connectivity index (χ0n) is 9.79. The van der Waals surface area contributed by atoms with Gasteiger partial charge in [-0.1, -0.05) is 19.1 Å². The van der Waals surface area contributed by atoms with Gasteiger partial charge in [0.2, 0.25) is 0 Å². The van der Waals surface area contributed by atoms with Crippen molar-refractivity contribution in [3.05, 3.63) is 29.8 Å². The first-order valence-corrected chi connectivity index (χ1v) is 5.78. The highest BCUT2D eigenvalue weighted by Crippen LogP contribution is 2.27. The van der Waals surface area contributed by atoms with Gasteiger partial charge in [-0.25, -0.2) is 0 Å². The molecule has 0 aromatic heterocycles. The topological polar surface area (TPSA) is 41.1 Å². The van der Waals surface area contributed by atoms with Gasteiger partial charge in [0, 0.05) is 18.8 Å². The van der Waals surface area contributed by atoms with Crippen LogP contribution in [-0.2, 0) is 0 Å². The lowest BCUT2D eigenvalue weighted by Gasteiger charge is -2.33. The summed E-state index contributed by atoms with van der Waals surface area (Å²) in [4.78, 5) is 12.0. The van der Waals surface area contributed by atoms with Crippen LogP contribution in [-0.4, -0.2) is 19.0 Å². The van der Waals surface area contributed by atoms with E-state index < -0.39 is 0 Å². The second-order valence-electron chi connectivity index (χ2n) is 4.54. The molecule has 1 saturated carbocycles. The standard InChI is InChI=1S/C13H18N2O/c1-9-7-10(8-9)15-13(16)11-5-3-4-6-12(11)14-2/h3-6,9-10,14H,7-8H2,1-2H3,(H,15,16). The van der Waals surface area contributed by atoms with E-state index in [4.69, 9.17) is 0 Å². The van der Waals surface area contributed by atoms with Gasteiger partial charge in [0.05, 0.1) is 5.56 Å². The lowest BCUT2D eigenvalue weighted by atomic mass is 9.82. The molecule has 0 aliphatic heterocycles. The Bertz CT molecular complexity index is 383. The third kappa shape index (κ3) is 2.18. The molecule has 0 saturated heterocycles. The molecule has 2 N–H and O–H groups in total. The molecule has 0 unspecified atom stereocenters. The van der Waals surface area contributed by atoms with Crippen LogP contribution < -0.4 is 10.6 Å². The van der Waals surface area contributed by atoms with Gasteiger partial charge in [-0.05, 0) is 30.9 Å². The van der Waals surface area contributed by atoms with Gasteiger partial charge in [-0.3, -0.25) is 4.79 Å². The fraction of sp³-hybridized carbons (Fsp3) is 0.462. The Hall–Kier alpha value is -1.51. The number of carbonyl (C=O) groups is 1. The summed E-state index contributed by atoms with van der Waals surface area (Å²) in [6.07, 6.45) is 2.21. The normalized spacial score (nSPS) is 23.4. The Labute approximate surface area is 96.2 Å². The molecule has 86 valence electrons. The van der Waals surface area contributed by atoms with Crippen molar-refractivity contribution in [3.63, 3.8) is 0 Å². The highest BCUT2D eigenvalue weighted by Gasteiger charge is 2.27. The first-order valence-electron chi connectivity index (χ1n) is 5.78. The molecule has 0 radical (unpaired) electrons. The van der Waals surface area contributed by atoms with E-state index in [0.717, 1.165) is 30.0 Å². The summed E-state index contributed by atoms with van der Waals surface area (Å²) in [6.45, 7) is 2.21. The van der Waals surface area contributed by atoms with Gasteiger partial charge >= 0.3 is 0 Å². The predicted molar refractivity (Wildman–Crippen MR) is 65.6 cm³/mol. The van der Waals surface area contributed by atoms with E-state index in [0.29, 0.717) is 6.04 Å². The van der Waals surface area contributed by atoms with Gasteiger partial charge < -0.3 is 10.6 Å². The second-order valence-corrected chi connectivity index (χ2v) is 4.54. The molecule has 0 spiro atoms. The molecule has 1 amide bonds. The largest absolute Gasteiger partial charge is 0.387 e. The summed E-state index contributed by atoms with van der Waals surface area (Å²) in [5, 5.41) is 6.09. The van der Waals surface area contributed by atoms with Gasteiger partial charge in [0.15, 0.2) is 0 Å². The Balaban J connectivity index is 2.03. The van der Waals surface area contributed by atoms with Crippen molar-refractivity contribution < 1.29 is 4.79 Å². The number of anilines is 1. The van der Waals surface area contributed by atoms with Crippen LogP contribution in [0.1, 0.15) is 30.1 Å². The van der Waals surface area contributed by atoms with Crippen molar-refractivity contribution in [1.82, 2.24) is 5.32 Å². The molecule has 16 heavy (non-hydrogen) atoms. The Morgan fingerprint density at radius 1 is 1.31 bits per heavy atom. The third-order valence-corrected chi connectivity index (χ3v) is 3.15. The maximum atomic E-state index is 12.0. The SMILES string of the molecule is CNc1ccccc1C(=O)NC1CC(C)C1. The molecule has 1 aromatic carbocycles. The van der Waals surface area contributed by atoms with Crippen molar-refractivity contribution in [2.24, 2.45) is 5.92 Å². The first kappa shape index (κ1) is 11.0. The van der Waals surface area contributed by atoms with Gasteiger partial charge in [-0.2, -0.15) is 0 Å². The molecule has 0 bridgehead atoms. The number of hydrogen-bond donors (Lipinski definition) is 2. The quantitative estimate of drug-likeness (QED) is 0.817. The van der Waals surface area contributed by atoms with Crippen molar-refractivity contribution in [2.45, 2.75) is 25.8 Å². The van der Waals surface area contributed by atoms with Crippen molar-refractivity contribution in [3.8, 4) is 0 Å². The number of hydrogen-bond acceptors (Lipinski definition) is 2. The van der Waals surface area contributed by atoms with E-state index in [1.165, 1.54) is 0 Å². The van der Waals surface area contributed by atoms with E-state index in [1.54, 1.807) is 0 Å². The molecule has 0 atom stereocenters. The highest BCUT2D eigenvalue weighted by atomic mass is 16.1. The minimum atomic E-state index is 0.0295. The smallest absolute Gasteiger partial charge is 0.253 e. The van der Waals surface area contributed by atoms with Crippen LogP contribution in [0.25, 0.3) is 0 Å². The second kappa shape index (κ2) is 4.56. The first-order chi connectivity index (χ1) is 7.70. The Morgan fingerprint density at radius 2 is 2.00 bits per heavy atom. The number of benzene rings is 1. The fourth-order valence-electron chi connectivity index (χ4n) is 2.18. The van der Waals surface area contributed by atoms with E-state index in [9.17, 15) is 4.79 Å². The summed E-state index contributed by atoms with van der Waals surface area (Å²) in [7, 11) is 1.83. The fourth-order valence-corrected chi connectivity index (χ4v) is 2.18. The van der Waals surface area contributed by atoms with E-state index in [-0.39, 0.29) is 5.91 Å². The Morgan fingerprint density at radius 3 is 2.62 bits per heavy atom. The molecular formula is C13H18N2O. The summed E-state index contributed by atoms with van der Waals surface area (Å²) in [5.74, 6) is 0.784. The number of rotatable bonds is 3. The molecule has 1 fully saturated rings. The third-order valence-electron chi connectivity index (χ3n) is 3.15. The lowest BCUT2D eigenvalue weighted by molar-refractivity contribution is 0.0897. The zero-order valence-corrected chi connectivity index (χ0v) is 9.79. The van der Waals surface area contributed by atoms with Crippen molar-refractivity contribution in [2.75, 3.05) is 12.4 Å². The van der Waals surface area contributed by atoms with Crippen LogP contribution >= 0.6 is 0 Å². The van der Waals surface area contributed by atoms with E-state index in [1.807, 2.05) is 31.3 Å². The molecule has 3 nitrogen and oxygen atoms in total. The number of carbonyl (C=O) groups excluding carboxylic acids is 1. The Kier molecular flexibility index (Phi) is 3.13. The van der Waals surface area contributed by atoms with Crippen LogP contribution in [0.4, 0.5) is 5.69 Å². The van der Waals surface area contributed by atoms with Crippen LogP contribution in [0.5, 0.6) is 0 Å². The molecule has 1 aliphatic carbocycles. The molecule has 0 heterocycles. The summed E-state index contributed by atoms with van der Waals surface area (Å²) in [6, 6.07) is 7.95. The van der Waals surface area contributed by atoms with Crippen LogP contribution in [0, 0.1) is 5.92 Å². The zero-order chi connectivity index (χ0) is 11.5. The van der Waals surface area contributed by atoms with Crippen molar-refractivity contribution >= 4 is 11.6 Å². The number of para-hydroxylation sites is 1. The summed E-state index contributed by atoms with van der Waals surface area (Å²) < 4.78 is 0. The summed E-state index contributed by atoms with van der Waals surface area (Å²) in [5.41, 5.74) is 1.61. The van der Waals surface area contributed by atoms with Crippen LogP contribution in [0.15, 0.2) is 24.3 Å². The van der Waals surface area contributed by atoms with E-state index >= 15 is 0 Å². The van der Waals surface area contributed by atoms with Gasteiger partial charge in [0.1, 0.15) is 0 Å².